The molecule has 2 aromatic rings. The fourth-order valence-electron chi connectivity index (χ4n) is 2.73. The minimum atomic E-state index is -3.28. The zero-order chi connectivity index (χ0) is 17.9. The Kier molecular flexibility index (Phi) is 5.63. The Morgan fingerprint density at radius 2 is 2.16 bits per heavy atom. The second kappa shape index (κ2) is 7.74. The lowest BCUT2D eigenvalue weighted by atomic mass is 9.97. The van der Waals surface area contributed by atoms with Crippen LogP contribution in [-0.2, 0) is 14.8 Å². The molecule has 1 aliphatic heterocycles. The summed E-state index contributed by atoms with van der Waals surface area (Å²) in [7, 11) is -3.28. The Balaban J connectivity index is 1.60. The van der Waals surface area contributed by atoms with Gasteiger partial charge >= 0.3 is 0 Å². The molecular formula is C16H20ClN3O4S. The molecule has 136 valence electrons. The maximum atomic E-state index is 11.5. The standard InChI is InChI=1S/C16H20ClN3O4S/c1-25(21,22)19-16-11-23-7-6-12(16)10-24-15-4-2-14(3-5-15)20-9-13(17)8-18-20/h2-5,8-9,12,16,19H,6-7,10-11H2,1H3/t12-,16+/m1/s1. The van der Waals surface area contributed by atoms with Gasteiger partial charge in [-0.25, -0.2) is 17.8 Å². The largest absolute Gasteiger partial charge is 0.493 e. The van der Waals surface area contributed by atoms with Crippen molar-refractivity contribution >= 4 is 21.6 Å². The summed E-state index contributed by atoms with van der Waals surface area (Å²) in [6.07, 6.45) is 5.20. The number of halogens is 1. The molecule has 2 heterocycles. The van der Waals surface area contributed by atoms with Crippen LogP contribution >= 0.6 is 11.6 Å². The van der Waals surface area contributed by atoms with Crippen molar-refractivity contribution in [3.63, 3.8) is 0 Å². The average Bonchev–Trinajstić information content (AvgIpc) is 3.00. The molecule has 1 fully saturated rings. The average molecular weight is 386 g/mol. The quantitative estimate of drug-likeness (QED) is 0.820. The number of aromatic nitrogens is 2. The Morgan fingerprint density at radius 3 is 2.80 bits per heavy atom. The maximum absolute atomic E-state index is 11.5. The minimum Gasteiger partial charge on any atom is -0.493 e. The molecule has 1 aromatic heterocycles. The molecule has 0 radical (unpaired) electrons. The van der Waals surface area contributed by atoms with Gasteiger partial charge in [0.15, 0.2) is 0 Å². The molecule has 1 aromatic carbocycles. The van der Waals surface area contributed by atoms with E-state index < -0.39 is 10.0 Å². The number of nitrogens with one attached hydrogen (secondary N) is 1. The number of sulfonamides is 1. The van der Waals surface area contributed by atoms with Gasteiger partial charge in [-0.15, -0.1) is 0 Å². The lowest BCUT2D eigenvalue weighted by Gasteiger charge is -2.31. The topological polar surface area (TPSA) is 82.5 Å². The van der Waals surface area contributed by atoms with Crippen molar-refractivity contribution in [1.82, 2.24) is 14.5 Å². The number of nitrogens with zero attached hydrogens (tertiary/aromatic N) is 2. The minimum absolute atomic E-state index is 0.0630. The SMILES string of the molecule is CS(=O)(=O)N[C@H]1COCC[C@@H]1COc1ccc(-n2cc(Cl)cn2)cc1. The number of rotatable bonds is 6. The third kappa shape index (κ3) is 5.18. The summed E-state index contributed by atoms with van der Waals surface area (Å²) in [4.78, 5) is 0. The highest BCUT2D eigenvalue weighted by atomic mass is 35.5. The molecule has 0 aliphatic carbocycles. The second-order valence-electron chi connectivity index (χ2n) is 6.03. The van der Waals surface area contributed by atoms with E-state index in [0.29, 0.717) is 30.6 Å². The van der Waals surface area contributed by atoms with Gasteiger partial charge in [0.05, 0.1) is 42.4 Å². The lowest BCUT2D eigenvalue weighted by molar-refractivity contribution is 0.0275. The third-order valence-corrected chi connectivity index (χ3v) is 4.91. The molecular weight excluding hydrogens is 366 g/mol. The summed E-state index contributed by atoms with van der Waals surface area (Å²) >= 11 is 5.87. The predicted molar refractivity (Wildman–Crippen MR) is 94.8 cm³/mol. The monoisotopic (exact) mass is 385 g/mol. The van der Waals surface area contributed by atoms with Crippen LogP contribution in [0, 0.1) is 5.92 Å². The van der Waals surface area contributed by atoms with Gasteiger partial charge in [0.25, 0.3) is 0 Å². The van der Waals surface area contributed by atoms with Gasteiger partial charge in [-0.05, 0) is 30.7 Å². The van der Waals surface area contributed by atoms with Crippen molar-refractivity contribution < 1.29 is 17.9 Å². The molecule has 2 atom stereocenters. The number of benzene rings is 1. The summed E-state index contributed by atoms with van der Waals surface area (Å²) in [5.74, 6) is 0.777. The molecule has 0 unspecified atom stereocenters. The zero-order valence-electron chi connectivity index (χ0n) is 13.8. The van der Waals surface area contributed by atoms with Crippen LogP contribution < -0.4 is 9.46 Å². The molecule has 0 amide bonds. The highest BCUT2D eigenvalue weighted by Gasteiger charge is 2.28. The summed E-state index contributed by atoms with van der Waals surface area (Å²) in [6, 6.07) is 7.20. The first kappa shape index (κ1) is 18.2. The first-order valence-electron chi connectivity index (χ1n) is 7.89. The molecule has 0 bridgehead atoms. The van der Waals surface area contributed by atoms with E-state index in [1.54, 1.807) is 17.1 Å². The van der Waals surface area contributed by atoms with E-state index in [1.165, 1.54) is 0 Å². The van der Waals surface area contributed by atoms with Gasteiger partial charge in [-0.2, -0.15) is 5.10 Å². The van der Waals surface area contributed by atoms with Gasteiger partial charge in [0.1, 0.15) is 5.75 Å². The van der Waals surface area contributed by atoms with E-state index in [4.69, 9.17) is 21.1 Å². The molecule has 0 spiro atoms. The van der Waals surface area contributed by atoms with Gasteiger partial charge in [-0.1, -0.05) is 11.6 Å². The van der Waals surface area contributed by atoms with Gasteiger partial charge < -0.3 is 9.47 Å². The Bertz CT molecular complexity index is 807. The normalized spacial score (nSPS) is 21.2. The van der Waals surface area contributed by atoms with Crippen molar-refractivity contribution in [2.45, 2.75) is 12.5 Å². The van der Waals surface area contributed by atoms with Crippen molar-refractivity contribution in [3.05, 3.63) is 41.7 Å². The van der Waals surface area contributed by atoms with E-state index >= 15 is 0 Å². The van der Waals surface area contributed by atoms with Crippen molar-refractivity contribution in [2.75, 3.05) is 26.1 Å². The van der Waals surface area contributed by atoms with Crippen LogP contribution in [0.1, 0.15) is 6.42 Å². The Labute approximate surface area is 151 Å². The molecule has 3 rings (SSSR count). The van der Waals surface area contributed by atoms with Crippen LogP contribution in [0.4, 0.5) is 0 Å². The van der Waals surface area contributed by atoms with Crippen LogP contribution in [0.2, 0.25) is 5.02 Å². The summed E-state index contributed by atoms with van der Waals surface area (Å²) < 4.78 is 38.4. The maximum Gasteiger partial charge on any atom is 0.209 e. The Morgan fingerprint density at radius 1 is 1.40 bits per heavy atom. The van der Waals surface area contributed by atoms with Crippen LogP contribution in [0.3, 0.4) is 0 Å². The lowest BCUT2D eigenvalue weighted by Crippen LogP contribution is -2.48. The van der Waals surface area contributed by atoms with Gasteiger partial charge in [0, 0.05) is 18.7 Å². The summed E-state index contributed by atoms with van der Waals surface area (Å²) in [5, 5.41) is 4.72. The van der Waals surface area contributed by atoms with Crippen LogP contribution in [0.25, 0.3) is 5.69 Å². The van der Waals surface area contributed by atoms with Crippen LogP contribution in [0.5, 0.6) is 5.75 Å². The molecule has 9 heteroatoms. The van der Waals surface area contributed by atoms with Crippen molar-refractivity contribution in [2.24, 2.45) is 5.92 Å². The van der Waals surface area contributed by atoms with Crippen molar-refractivity contribution in [3.8, 4) is 11.4 Å². The van der Waals surface area contributed by atoms with E-state index in [2.05, 4.69) is 9.82 Å². The number of hydrogen-bond acceptors (Lipinski definition) is 5. The van der Waals surface area contributed by atoms with Gasteiger partial charge in [0.2, 0.25) is 10.0 Å². The summed E-state index contributed by atoms with van der Waals surface area (Å²) in [5.41, 5.74) is 0.877. The van der Waals surface area contributed by atoms with E-state index in [9.17, 15) is 8.42 Å². The highest BCUT2D eigenvalue weighted by Crippen LogP contribution is 2.21. The molecule has 1 N–H and O–H groups in total. The summed E-state index contributed by atoms with van der Waals surface area (Å²) in [6.45, 7) is 1.39. The fraction of sp³-hybridized carbons (Fsp3) is 0.438. The van der Waals surface area contributed by atoms with Crippen molar-refractivity contribution in [1.29, 1.82) is 0 Å². The predicted octanol–water partition coefficient (Wildman–Crippen LogP) is 1.86. The van der Waals surface area contributed by atoms with Crippen LogP contribution in [0.15, 0.2) is 36.7 Å². The number of hydrogen-bond donors (Lipinski definition) is 1. The zero-order valence-corrected chi connectivity index (χ0v) is 15.3. The molecule has 1 saturated heterocycles. The van der Waals surface area contributed by atoms with Crippen LogP contribution in [-0.4, -0.2) is 50.3 Å². The first-order chi connectivity index (χ1) is 11.9. The van der Waals surface area contributed by atoms with E-state index in [1.807, 2.05) is 24.3 Å². The number of ether oxygens (including phenoxy) is 2. The third-order valence-electron chi connectivity index (χ3n) is 3.98. The van der Waals surface area contributed by atoms with E-state index in [0.717, 1.165) is 18.4 Å². The highest BCUT2D eigenvalue weighted by molar-refractivity contribution is 7.88. The second-order valence-corrected chi connectivity index (χ2v) is 8.24. The molecule has 1 aliphatic rings. The Hall–Kier alpha value is -1.61. The van der Waals surface area contributed by atoms with Gasteiger partial charge in [-0.3, -0.25) is 0 Å². The molecule has 0 saturated carbocycles. The molecule has 7 nitrogen and oxygen atoms in total. The van der Waals surface area contributed by atoms with E-state index in [-0.39, 0.29) is 12.0 Å². The fourth-order valence-corrected chi connectivity index (χ4v) is 3.67. The molecule has 25 heavy (non-hydrogen) atoms. The first-order valence-corrected chi connectivity index (χ1v) is 10.2. The smallest absolute Gasteiger partial charge is 0.209 e.